The van der Waals surface area contributed by atoms with Crippen LogP contribution in [0.1, 0.15) is 40.4 Å². The van der Waals surface area contributed by atoms with E-state index in [1.54, 1.807) is 6.26 Å². The van der Waals surface area contributed by atoms with Gasteiger partial charge in [0.2, 0.25) is 0 Å². The summed E-state index contributed by atoms with van der Waals surface area (Å²) in [5, 5.41) is 12.4. The van der Waals surface area contributed by atoms with Crippen LogP contribution in [0.5, 0.6) is 0 Å². The Bertz CT molecular complexity index is 481. The molecular formula is C11H16N2O4S2. The van der Waals surface area contributed by atoms with E-state index in [1.807, 2.05) is 6.92 Å². The van der Waals surface area contributed by atoms with Crippen LogP contribution in [0.2, 0.25) is 0 Å². The quantitative estimate of drug-likeness (QED) is 0.743. The van der Waals surface area contributed by atoms with Crippen molar-refractivity contribution in [2.45, 2.75) is 25.5 Å². The van der Waals surface area contributed by atoms with Gasteiger partial charge in [-0.2, -0.15) is 0 Å². The highest BCUT2D eigenvalue weighted by Crippen LogP contribution is 2.23. The van der Waals surface area contributed by atoms with Crippen LogP contribution in [-0.2, 0) is 10.8 Å². The molecule has 0 spiro atoms. The Labute approximate surface area is 117 Å². The maximum absolute atomic E-state index is 11.3. The highest BCUT2D eigenvalue weighted by molar-refractivity contribution is 7.84. The number of thiazole rings is 1. The number of carbonyl (C=O) groups is 2. The van der Waals surface area contributed by atoms with Gasteiger partial charge in [-0.1, -0.05) is 18.3 Å². The molecule has 0 amide bonds. The van der Waals surface area contributed by atoms with Gasteiger partial charge in [0.25, 0.3) is 0 Å². The molecule has 2 unspecified atom stereocenters. The molecule has 2 atom stereocenters. The number of carboxylic acids is 1. The molecular weight excluding hydrogens is 288 g/mol. The third-order valence-electron chi connectivity index (χ3n) is 2.54. The monoisotopic (exact) mass is 304 g/mol. The second-order valence-electron chi connectivity index (χ2n) is 4.08. The molecule has 19 heavy (non-hydrogen) atoms. The standard InChI is InChI=1S/C11H16N2O4S2/c1-6(19(3)17)4-5-12-11-13-8(10(15)16)9(18-11)7(2)14/h6H,4-5H2,1-3H3,(H,12,13)(H,15,16). The Balaban J connectivity index is 2.70. The number of rotatable bonds is 7. The van der Waals surface area contributed by atoms with Crippen LogP contribution >= 0.6 is 11.3 Å². The third-order valence-corrected chi connectivity index (χ3v) is 5.03. The summed E-state index contributed by atoms with van der Waals surface area (Å²) in [5.41, 5.74) is -0.216. The van der Waals surface area contributed by atoms with E-state index in [4.69, 9.17) is 5.11 Å². The van der Waals surface area contributed by atoms with Gasteiger partial charge in [0.05, 0.1) is 0 Å². The first kappa shape index (κ1) is 15.8. The largest absolute Gasteiger partial charge is 0.476 e. The van der Waals surface area contributed by atoms with Crippen LogP contribution in [-0.4, -0.2) is 44.1 Å². The number of hydrogen-bond acceptors (Lipinski definition) is 6. The van der Waals surface area contributed by atoms with Crippen molar-refractivity contribution in [2.75, 3.05) is 18.1 Å². The summed E-state index contributed by atoms with van der Waals surface area (Å²) in [6.07, 6.45) is 2.32. The van der Waals surface area contributed by atoms with E-state index in [0.29, 0.717) is 18.1 Å². The topological polar surface area (TPSA) is 96.4 Å². The summed E-state index contributed by atoms with van der Waals surface area (Å²) in [7, 11) is -0.887. The SMILES string of the molecule is CC(=O)c1sc(NCCC(C)S(C)=O)nc1C(=O)O. The van der Waals surface area contributed by atoms with Crippen molar-refractivity contribution < 1.29 is 18.9 Å². The van der Waals surface area contributed by atoms with Gasteiger partial charge >= 0.3 is 5.97 Å². The van der Waals surface area contributed by atoms with Crippen LogP contribution in [0, 0.1) is 0 Å². The lowest BCUT2D eigenvalue weighted by Gasteiger charge is -2.07. The van der Waals surface area contributed by atoms with Gasteiger partial charge < -0.3 is 10.4 Å². The Morgan fingerprint density at radius 2 is 2.16 bits per heavy atom. The minimum absolute atomic E-state index is 0.0543. The predicted molar refractivity (Wildman–Crippen MR) is 75.7 cm³/mol. The highest BCUT2D eigenvalue weighted by atomic mass is 32.2. The molecule has 1 rings (SSSR count). The molecule has 0 fully saturated rings. The molecule has 0 bridgehead atoms. The zero-order chi connectivity index (χ0) is 14.6. The minimum Gasteiger partial charge on any atom is -0.476 e. The molecule has 0 aliphatic heterocycles. The smallest absolute Gasteiger partial charge is 0.356 e. The van der Waals surface area contributed by atoms with E-state index < -0.39 is 16.8 Å². The fourth-order valence-corrected chi connectivity index (χ4v) is 2.66. The number of Topliss-reactive ketones (excluding diaryl/α,β-unsaturated/α-hetero) is 1. The molecule has 0 saturated heterocycles. The third kappa shape index (κ3) is 4.39. The fraction of sp³-hybridized carbons (Fsp3) is 0.545. The van der Waals surface area contributed by atoms with Crippen LogP contribution in [0.25, 0.3) is 0 Å². The van der Waals surface area contributed by atoms with Gasteiger partial charge in [-0.25, -0.2) is 9.78 Å². The van der Waals surface area contributed by atoms with Crippen molar-refractivity contribution in [3.05, 3.63) is 10.6 Å². The van der Waals surface area contributed by atoms with Crippen molar-refractivity contribution in [1.29, 1.82) is 0 Å². The number of aromatic carboxylic acids is 1. The van der Waals surface area contributed by atoms with Crippen molar-refractivity contribution in [3.8, 4) is 0 Å². The van der Waals surface area contributed by atoms with Crippen LogP contribution in [0.15, 0.2) is 0 Å². The average molecular weight is 304 g/mol. The molecule has 1 aromatic rings. The molecule has 0 aliphatic carbocycles. The van der Waals surface area contributed by atoms with Crippen molar-refractivity contribution >= 4 is 39.0 Å². The highest BCUT2D eigenvalue weighted by Gasteiger charge is 2.20. The lowest BCUT2D eigenvalue weighted by atomic mass is 10.3. The maximum atomic E-state index is 11.3. The number of nitrogens with zero attached hydrogens (tertiary/aromatic N) is 1. The number of ketones is 1. The first-order valence-corrected chi connectivity index (χ1v) is 8.07. The summed E-state index contributed by atoms with van der Waals surface area (Å²) < 4.78 is 11.2. The molecule has 0 radical (unpaired) electrons. The van der Waals surface area contributed by atoms with E-state index in [0.717, 1.165) is 11.3 Å². The first-order chi connectivity index (χ1) is 8.82. The Hall–Kier alpha value is -1.28. The lowest BCUT2D eigenvalue weighted by molar-refractivity contribution is 0.0687. The van der Waals surface area contributed by atoms with E-state index >= 15 is 0 Å². The van der Waals surface area contributed by atoms with Crippen LogP contribution in [0.4, 0.5) is 5.13 Å². The van der Waals surface area contributed by atoms with Gasteiger partial charge in [0.1, 0.15) is 4.88 Å². The van der Waals surface area contributed by atoms with E-state index in [1.165, 1.54) is 6.92 Å². The number of carbonyl (C=O) groups excluding carboxylic acids is 1. The van der Waals surface area contributed by atoms with E-state index in [-0.39, 0.29) is 21.6 Å². The van der Waals surface area contributed by atoms with Crippen LogP contribution < -0.4 is 5.32 Å². The summed E-state index contributed by atoms with van der Waals surface area (Å²) in [5.74, 6) is -1.52. The first-order valence-electron chi connectivity index (χ1n) is 5.64. The summed E-state index contributed by atoms with van der Waals surface area (Å²) in [4.78, 5) is 26.3. The number of anilines is 1. The zero-order valence-corrected chi connectivity index (χ0v) is 12.6. The van der Waals surface area contributed by atoms with Crippen molar-refractivity contribution in [3.63, 3.8) is 0 Å². The second kappa shape index (κ2) is 6.76. The number of carboxylic acid groups (broad SMARTS) is 1. The zero-order valence-electron chi connectivity index (χ0n) is 10.9. The lowest BCUT2D eigenvalue weighted by Crippen LogP contribution is -2.14. The second-order valence-corrected chi connectivity index (χ2v) is 6.88. The number of nitrogens with one attached hydrogen (secondary N) is 1. The number of hydrogen-bond donors (Lipinski definition) is 2. The summed E-state index contributed by atoms with van der Waals surface area (Å²) in [6.45, 7) is 3.72. The van der Waals surface area contributed by atoms with Gasteiger partial charge in [0, 0.05) is 35.8 Å². The molecule has 0 saturated carbocycles. The van der Waals surface area contributed by atoms with Gasteiger partial charge in [-0.15, -0.1) is 0 Å². The van der Waals surface area contributed by atoms with E-state index in [9.17, 15) is 13.8 Å². The van der Waals surface area contributed by atoms with Gasteiger partial charge in [-0.3, -0.25) is 9.00 Å². The van der Waals surface area contributed by atoms with Crippen molar-refractivity contribution in [1.82, 2.24) is 4.98 Å². The van der Waals surface area contributed by atoms with Crippen molar-refractivity contribution in [2.24, 2.45) is 0 Å². The Morgan fingerprint density at radius 1 is 1.53 bits per heavy atom. The summed E-state index contributed by atoms with van der Waals surface area (Å²) in [6, 6.07) is 0. The molecule has 1 heterocycles. The Kier molecular flexibility index (Phi) is 5.61. The predicted octanol–water partition coefficient (Wildman–Crippen LogP) is 1.61. The maximum Gasteiger partial charge on any atom is 0.356 e. The van der Waals surface area contributed by atoms with Crippen LogP contribution in [0.3, 0.4) is 0 Å². The summed E-state index contributed by atoms with van der Waals surface area (Å²) >= 11 is 1.03. The van der Waals surface area contributed by atoms with Gasteiger partial charge in [-0.05, 0) is 6.42 Å². The average Bonchev–Trinajstić information content (AvgIpc) is 2.73. The fourth-order valence-electron chi connectivity index (χ4n) is 1.33. The molecule has 6 nitrogen and oxygen atoms in total. The normalized spacial score (nSPS) is 13.8. The molecule has 1 aromatic heterocycles. The van der Waals surface area contributed by atoms with Gasteiger partial charge in [0.15, 0.2) is 16.6 Å². The molecule has 8 heteroatoms. The minimum atomic E-state index is -1.21. The molecule has 0 aromatic carbocycles. The molecule has 0 aliphatic rings. The Morgan fingerprint density at radius 3 is 2.58 bits per heavy atom. The number of aromatic nitrogens is 1. The molecule has 106 valence electrons. The van der Waals surface area contributed by atoms with E-state index in [2.05, 4.69) is 10.3 Å². The molecule has 2 N–H and O–H groups in total.